The van der Waals surface area contributed by atoms with Gasteiger partial charge in [0.05, 0.1) is 6.07 Å². The van der Waals surface area contributed by atoms with Gasteiger partial charge < -0.3 is 4.57 Å². The highest BCUT2D eigenvalue weighted by molar-refractivity contribution is 5.83. The van der Waals surface area contributed by atoms with Crippen LogP contribution < -0.4 is 0 Å². The van der Waals surface area contributed by atoms with Crippen molar-refractivity contribution >= 4 is 10.9 Å². The molecule has 0 aliphatic carbocycles. The highest BCUT2D eigenvalue weighted by Crippen LogP contribution is 2.20. The SMILES string of the molecule is Cn1ccc2c(CCC#N)cccc21. The number of aromatic nitrogens is 1. The standard InChI is InChI=1S/C12H12N2/c1-14-9-7-11-10(5-3-8-13)4-2-6-12(11)14/h2,4,6-7,9H,3,5H2,1H3. The number of nitrogens with zero attached hydrogens (tertiary/aromatic N) is 2. The van der Waals surface area contributed by atoms with E-state index in [-0.39, 0.29) is 0 Å². The lowest BCUT2D eigenvalue weighted by Crippen LogP contribution is -1.87. The molecule has 0 bridgehead atoms. The fourth-order valence-corrected chi connectivity index (χ4v) is 1.77. The molecule has 0 N–H and O–H groups in total. The highest BCUT2D eigenvalue weighted by atomic mass is 14.9. The van der Waals surface area contributed by atoms with Gasteiger partial charge in [-0.05, 0) is 24.1 Å². The molecule has 70 valence electrons. The maximum atomic E-state index is 8.55. The number of benzene rings is 1. The van der Waals surface area contributed by atoms with Gasteiger partial charge in [0.2, 0.25) is 0 Å². The van der Waals surface area contributed by atoms with Crippen molar-refractivity contribution in [1.82, 2.24) is 4.57 Å². The first-order valence-corrected chi connectivity index (χ1v) is 4.73. The maximum Gasteiger partial charge on any atom is 0.0625 e. The quantitative estimate of drug-likeness (QED) is 0.705. The molecule has 0 aliphatic rings. The fraction of sp³-hybridized carbons (Fsp3) is 0.250. The van der Waals surface area contributed by atoms with Crippen LogP contribution in [0, 0.1) is 11.3 Å². The molecule has 2 aromatic rings. The predicted molar refractivity (Wildman–Crippen MR) is 56.9 cm³/mol. The van der Waals surface area contributed by atoms with Crippen molar-refractivity contribution in [3.63, 3.8) is 0 Å². The first-order valence-electron chi connectivity index (χ1n) is 4.73. The van der Waals surface area contributed by atoms with E-state index in [1.54, 1.807) is 0 Å². The van der Waals surface area contributed by atoms with Crippen molar-refractivity contribution in [2.45, 2.75) is 12.8 Å². The summed E-state index contributed by atoms with van der Waals surface area (Å²) < 4.78 is 2.10. The average Bonchev–Trinajstić information content (AvgIpc) is 2.58. The van der Waals surface area contributed by atoms with Crippen LogP contribution in [0.5, 0.6) is 0 Å². The average molecular weight is 184 g/mol. The summed E-state index contributed by atoms with van der Waals surface area (Å²) in [6, 6.07) is 10.5. The molecule has 0 saturated carbocycles. The van der Waals surface area contributed by atoms with Crippen molar-refractivity contribution in [1.29, 1.82) is 5.26 Å². The lowest BCUT2D eigenvalue weighted by Gasteiger charge is -2.01. The van der Waals surface area contributed by atoms with E-state index in [1.165, 1.54) is 16.5 Å². The van der Waals surface area contributed by atoms with Gasteiger partial charge >= 0.3 is 0 Å². The van der Waals surface area contributed by atoms with Gasteiger partial charge in [0.1, 0.15) is 0 Å². The Kier molecular flexibility index (Phi) is 2.24. The van der Waals surface area contributed by atoms with Gasteiger partial charge in [-0.2, -0.15) is 5.26 Å². The lowest BCUT2D eigenvalue weighted by atomic mass is 10.1. The molecule has 2 rings (SSSR count). The third-order valence-electron chi connectivity index (χ3n) is 2.52. The number of hydrogen-bond acceptors (Lipinski definition) is 1. The summed E-state index contributed by atoms with van der Waals surface area (Å²) in [7, 11) is 2.04. The van der Waals surface area contributed by atoms with Gasteiger partial charge in [-0.15, -0.1) is 0 Å². The number of aryl methyl sites for hydroxylation is 2. The van der Waals surface area contributed by atoms with Gasteiger partial charge in [-0.3, -0.25) is 0 Å². The van der Waals surface area contributed by atoms with Crippen LogP contribution in [0.4, 0.5) is 0 Å². The molecule has 2 nitrogen and oxygen atoms in total. The second-order valence-electron chi connectivity index (χ2n) is 3.43. The van der Waals surface area contributed by atoms with Crippen molar-refractivity contribution in [3.8, 4) is 6.07 Å². The normalized spacial score (nSPS) is 10.3. The Bertz CT molecular complexity index is 488. The molecule has 1 aromatic heterocycles. The number of hydrogen-bond donors (Lipinski definition) is 0. The summed E-state index contributed by atoms with van der Waals surface area (Å²) in [6.45, 7) is 0. The largest absolute Gasteiger partial charge is 0.351 e. The maximum absolute atomic E-state index is 8.55. The summed E-state index contributed by atoms with van der Waals surface area (Å²) in [5, 5.41) is 9.82. The van der Waals surface area contributed by atoms with Crippen LogP contribution in [0.3, 0.4) is 0 Å². The topological polar surface area (TPSA) is 28.7 Å². The third-order valence-corrected chi connectivity index (χ3v) is 2.52. The third kappa shape index (κ3) is 1.38. The van der Waals surface area contributed by atoms with E-state index in [9.17, 15) is 0 Å². The minimum atomic E-state index is 0.591. The summed E-state index contributed by atoms with van der Waals surface area (Å²) >= 11 is 0. The van der Waals surface area contributed by atoms with Gasteiger partial charge in [0.15, 0.2) is 0 Å². The minimum Gasteiger partial charge on any atom is -0.351 e. The van der Waals surface area contributed by atoms with E-state index in [0.717, 1.165) is 6.42 Å². The monoisotopic (exact) mass is 184 g/mol. The second kappa shape index (κ2) is 3.55. The van der Waals surface area contributed by atoms with E-state index >= 15 is 0 Å². The molecule has 0 atom stereocenters. The van der Waals surface area contributed by atoms with Crippen molar-refractivity contribution < 1.29 is 0 Å². The molecule has 14 heavy (non-hydrogen) atoms. The van der Waals surface area contributed by atoms with Crippen molar-refractivity contribution in [2.24, 2.45) is 7.05 Å². The molecule has 0 amide bonds. The number of nitriles is 1. The van der Waals surface area contributed by atoms with E-state index in [1.807, 2.05) is 7.05 Å². The Morgan fingerprint density at radius 3 is 3.00 bits per heavy atom. The molecule has 1 heterocycles. The molecule has 0 spiro atoms. The summed E-state index contributed by atoms with van der Waals surface area (Å²) in [6.07, 6.45) is 3.49. The lowest BCUT2D eigenvalue weighted by molar-refractivity contribution is 0.967. The van der Waals surface area contributed by atoms with Crippen LogP contribution in [-0.4, -0.2) is 4.57 Å². The summed E-state index contributed by atoms with van der Waals surface area (Å²) in [5.41, 5.74) is 2.50. The van der Waals surface area contributed by atoms with E-state index in [4.69, 9.17) is 5.26 Å². The minimum absolute atomic E-state index is 0.591. The van der Waals surface area contributed by atoms with Crippen LogP contribution >= 0.6 is 0 Å². The Morgan fingerprint density at radius 1 is 1.36 bits per heavy atom. The zero-order valence-corrected chi connectivity index (χ0v) is 8.20. The molecule has 0 unspecified atom stereocenters. The molecular formula is C12H12N2. The molecule has 0 aliphatic heterocycles. The molecular weight excluding hydrogens is 172 g/mol. The van der Waals surface area contributed by atoms with E-state index < -0.39 is 0 Å². The van der Waals surface area contributed by atoms with Crippen molar-refractivity contribution in [3.05, 3.63) is 36.0 Å². The smallest absolute Gasteiger partial charge is 0.0625 e. The van der Waals surface area contributed by atoms with E-state index in [0.29, 0.717) is 6.42 Å². The number of rotatable bonds is 2. The molecule has 0 fully saturated rings. The van der Waals surface area contributed by atoms with Crippen LogP contribution in [0.2, 0.25) is 0 Å². The highest BCUT2D eigenvalue weighted by Gasteiger charge is 2.02. The Hall–Kier alpha value is -1.75. The predicted octanol–water partition coefficient (Wildman–Crippen LogP) is 2.63. The zero-order chi connectivity index (χ0) is 9.97. The summed E-state index contributed by atoms with van der Waals surface area (Å²) in [5.74, 6) is 0. The van der Waals surface area contributed by atoms with Crippen LogP contribution in [-0.2, 0) is 13.5 Å². The van der Waals surface area contributed by atoms with Crippen molar-refractivity contribution in [2.75, 3.05) is 0 Å². The Morgan fingerprint density at radius 2 is 2.21 bits per heavy atom. The molecule has 0 radical (unpaired) electrons. The van der Waals surface area contributed by atoms with Gasteiger partial charge in [0.25, 0.3) is 0 Å². The van der Waals surface area contributed by atoms with Crippen LogP contribution in [0.25, 0.3) is 10.9 Å². The molecule has 1 aromatic carbocycles. The first-order chi connectivity index (χ1) is 6.83. The summed E-state index contributed by atoms with van der Waals surface area (Å²) in [4.78, 5) is 0. The van der Waals surface area contributed by atoms with Crippen LogP contribution in [0.15, 0.2) is 30.5 Å². The molecule has 0 saturated heterocycles. The molecule has 2 heteroatoms. The van der Waals surface area contributed by atoms with Crippen LogP contribution in [0.1, 0.15) is 12.0 Å². The fourth-order valence-electron chi connectivity index (χ4n) is 1.77. The first kappa shape index (κ1) is 8.83. The second-order valence-corrected chi connectivity index (χ2v) is 3.43. The van der Waals surface area contributed by atoms with Gasteiger partial charge in [-0.1, -0.05) is 12.1 Å². The zero-order valence-electron chi connectivity index (χ0n) is 8.20. The Labute approximate surface area is 83.4 Å². The number of fused-ring (bicyclic) bond motifs is 1. The Balaban J connectivity index is 2.50. The van der Waals surface area contributed by atoms with E-state index in [2.05, 4.69) is 41.1 Å². The van der Waals surface area contributed by atoms with Gasteiger partial charge in [-0.25, -0.2) is 0 Å². The van der Waals surface area contributed by atoms with Gasteiger partial charge in [0, 0.05) is 30.6 Å².